The van der Waals surface area contributed by atoms with E-state index in [-0.39, 0.29) is 5.75 Å². The summed E-state index contributed by atoms with van der Waals surface area (Å²) in [6.07, 6.45) is -0.291. The highest BCUT2D eigenvalue weighted by Crippen LogP contribution is 2.36. The van der Waals surface area contributed by atoms with Gasteiger partial charge in [-0.3, -0.25) is 0 Å². The summed E-state index contributed by atoms with van der Waals surface area (Å²) in [7, 11) is 1.42. The topological polar surface area (TPSA) is 29.5 Å². The Bertz CT molecular complexity index is 567. The summed E-state index contributed by atoms with van der Waals surface area (Å²) in [4.78, 5) is 0.829. The summed E-state index contributed by atoms with van der Waals surface area (Å²) in [5, 5.41) is 10.1. The molecule has 102 valence electrons. The Kier molecular flexibility index (Phi) is 5.00. The first kappa shape index (κ1) is 15.0. The van der Waals surface area contributed by atoms with Crippen LogP contribution in [-0.4, -0.2) is 12.2 Å². The molecule has 0 radical (unpaired) electrons. The van der Waals surface area contributed by atoms with Gasteiger partial charge in [0, 0.05) is 15.8 Å². The van der Waals surface area contributed by atoms with Crippen molar-refractivity contribution in [2.45, 2.75) is 12.5 Å². The van der Waals surface area contributed by atoms with Crippen molar-refractivity contribution in [2.75, 3.05) is 7.11 Å². The first-order chi connectivity index (χ1) is 9.01. The van der Waals surface area contributed by atoms with E-state index in [9.17, 15) is 9.50 Å². The molecule has 2 nitrogen and oxygen atoms in total. The second-order valence-corrected chi connectivity index (χ2v) is 7.22. The summed E-state index contributed by atoms with van der Waals surface area (Å²) in [5.74, 6) is -0.208. The summed E-state index contributed by atoms with van der Waals surface area (Å²) in [6, 6.07) is 6.57. The third-order valence-corrected chi connectivity index (χ3v) is 6.00. The smallest absolute Gasteiger partial charge is 0.165 e. The van der Waals surface area contributed by atoms with Gasteiger partial charge in [0.15, 0.2) is 11.6 Å². The summed E-state index contributed by atoms with van der Waals surface area (Å²) >= 11 is 8.22. The van der Waals surface area contributed by atoms with Crippen molar-refractivity contribution in [3.63, 3.8) is 0 Å². The van der Waals surface area contributed by atoms with Crippen LogP contribution in [0.25, 0.3) is 0 Å². The fraction of sp³-hybridized carbons (Fsp3) is 0.231. The third-order valence-electron chi connectivity index (χ3n) is 2.64. The van der Waals surface area contributed by atoms with Crippen LogP contribution in [0, 0.1) is 5.82 Å². The van der Waals surface area contributed by atoms with Crippen LogP contribution in [0.3, 0.4) is 0 Å². The van der Waals surface area contributed by atoms with Gasteiger partial charge in [-0.2, -0.15) is 0 Å². The molecule has 2 aromatic rings. The van der Waals surface area contributed by atoms with Gasteiger partial charge in [0.2, 0.25) is 0 Å². The normalized spacial score (nSPS) is 12.5. The molecule has 1 aromatic heterocycles. The first-order valence-electron chi connectivity index (χ1n) is 5.46. The van der Waals surface area contributed by atoms with E-state index in [1.807, 2.05) is 6.07 Å². The van der Waals surface area contributed by atoms with Crippen molar-refractivity contribution in [1.82, 2.24) is 0 Å². The summed E-state index contributed by atoms with van der Waals surface area (Å²) < 4.78 is 20.3. The lowest BCUT2D eigenvalue weighted by atomic mass is 10.1. The molecule has 1 atom stereocenters. The van der Waals surface area contributed by atoms with Gasteiger partial charge in [-0.05, 0) is 55.6 Å². The monoisotopic (exact) mass is 408 g/mol. The molecule has 1 N–H and O–H groups in total. The van der Waals surface area contributed by atoms with E-state index in [1.54, 1.807) is 12.1 Å². The highest BCUT2D eigenvalue weighted by molar-refractivity contribution is 9.13. The Hall–Kier alpha value is -0.430. The van der Waals surface area contributed by atoms with Crippen molar-refractivity contribution in [2.24, 2.45) is 0 Å². The molecule has 0 saturated heterocycles. The minimum absolute atomic E-state index is 0.208. The number of benzene rings is 1. The predicted octanol–water partition coefficient (Wildman–Crippen LogP) is 4.70. The van der Waals surface area contributed by atoms with Crippen LogP contribution in [0.5, 0.6) is 5.75 Å². The van der Waals surface area contributed by atoms with Crippen molar-refractivity contribution in [3.8, 4) is 5.75 Å². The zero-order valence-electron chi connectivity index (χ0n) is 9.99. The number of methoxy groups -OCH3 is 1. The van der Waals surface area contributed by atoms with E-state index >= 15 is 0 Å². The lowest BCUT2D eigenvalue weighted by Crippen LogP contribution is -2.00. The maximum absolute atomic E-state index is 13.6. The zero-order valence-corrected chi connectivity index (χ0v) is 14.0. The third kappa shape index (κ3) is 3.56. The van der Waals surface area contributed by atoms with E-state index in [0.29, 0.717) is 6.42 Å². The van der Waals surface area contributed by atoms with Crippen LogP contribution in [-0.2, 0) is 6.42 Å². The van der Waals surface area contributed by atoms with Crippen LogP contribution < -0.4 is 4.74 Å². The highest BCUT2D eigenvalue weighted by Gasteiger charge is 2.14. The van der Waals surface area contributed by atoms with Gasteiger partial charge in [-0.25, -0.2) is 4.39 Å². The van der Waals surface area contributed by atoms with Gasteiger partial charge in [-0.15, -0.1) is 11.3 Å². The quantitative estimate of drug-likeness (QED) is 0.793. The summed E-state index contributed by atoms with van der Waals surface area (Å²) in [6.45, 7) is 0. The Balaban J connectivity index is 2.14. The molecule has 0 saturated carbocycles. The lowest BCUT2D eigenvalue weighted by molar-refractivity contribution is 0.182. The molecule has 2 rings (SSSR count). The minimum atomic E-state index is -0.652. The van der Waals surface area contributed by atoms with Gasteiger partial charge in [0.05, 0.1) is 17.0 Å². The van der Waals surface area contributed by atoms with Crippen molar-refractivity contribution >= 4 is 43.2 Å². The Morgan fingerprint density at radius 2 is 2.11 bits per heavy atom. The van der Waals surface area contributed by atoms with Gasteiger partial charge in [0.25, 0.3) is 0 Å². The molecule has 1 aromatic carbocycles. The van der Waals surface area contributed by atoms with Crippen molar-refractivity contribution in [1.29, 1.82) is 0 Å². The Morgan fingerprint density at radius 3 is 2.63 bits per heavy atom. The van der Waals surface area contributed by atoms with Gasteiger partial charge in [0.1, 0.15) is 0 Å². The second-order valence-electron chi connectivity index (χ2n) is 3.96. The molecular formula is C13H11Br2FO2S. The van der Waals surface area contributed by atoms with Crippen molar-refractivity contribution < 1.29 is 14.2 Å². The van der Waals surface area contributed by atoms with Crippen molar-refractivity contribution in [3.05, 3.63) is 48.8 Å². The molecule has 1 unspecified atom stereocenters. The first-order valence-corrected chi connectivity index (χ1v) is 7.86. The molecule has 19 heavy (non-hydrogen) atoms. The average Bonchev–Trinajstić information content (AvgIpc) is 2.70. The molecule has 1 heterocycles. The van der Waals surface area contributed by atoms with E-state index in [1.165, 1.54) is 24.5 Å². The van der Waals surface area contributed by atoms with E-state index in [4.69, 9.17) is 4.74 Å². The number of hydrogen-bond donors (Lipinski definition) is 1. The maximum atomic E-state index is 13.6. The minimum Gasteiger partial charge on any atom is -0.494 e. The van der Waals surface area contributed by atoms with Gasteiger partial charge < -0.3 is 9.84 Å². The Morgan fingerprint density at radius 1 is 1.37 bits per heavy atom. The van der Waals surface area contributed by atoms with Crippen LogP contribution in [0.15, 0.2) is 32.5 Å². The maximum Gasteiger partial charge on any atom is 0.165 e. The molecule has 0 aliphatic rings. The number of rotatable bonds is 4. The standard InChI is InChI=1S/C13H11Br2FO2S/c1-18-11-3-2-7(4-9(11)16)5-10(17)12-6-8(14)13(15)19-12/h2-4,6,10,17H,5H2,1H3. The molecule has 0 spiro atoms. The summed E-state index contributed by atoms with van der Waals surface area (Å²) in [5.41, 5.74) is 0.728. The molecule has 6 heteroatoms. The SMILES string of the molecule is COc1ccc(CC(O)c2cc(Br)c(Br)s2)cc1F. The fourth-order valence-corrected chi connectivity index (χ4v) is 3.76. The van der Waals surface area contributed by atoms with Crippen LogP contribution in [0.2, 0.25) is 0 Å². The fourth-order valence-electron chi connectivity index (χ4n) is 1.69. The molecule has 0 amide bonds. The van der Waals surface area contributed by atoms with E-state index in [2.05, 4.69) is 31.9 Å². The largest absolute Gasteiger partial charge is 0.494 e. The highest BCUT2D eigenvalue weighted by atomic mass is 79.9. The molecule has 0 aliphatic carbocycles. The number of aliphatic hydroxyl groups is 1. The number of thiophene rings is 1. The van der Waals surface area contributed by atoms with Crippen LogP contribution in [0.4, 0.5) is 4.39 Å². The number of ether oxygens (including phenoxy) is 1. The molecule has 0 fully saturated rings. The molecule has 0 bridgehead atoms. The van der Waals surface area contributed by atoms with Gasteiger partial charge in [-0.1, -0.05) is 6.07 Å². The van der Waals surface area contributed by atoms with E-state index in [0.717, 1.165) is 18.7 Å². The number of aliphatic hydroxyl groups excluding tert-OH is 1. The van der Waals surface area contributed by atoms with Crippen LogP contribution >= 0.6 is 43.2 Å². The lowest BCUT2D eigenvalue weighted by Gasteiger charge is -2.09. The molecule has 0 aliphatic heterocycles. The van der Waals surface area contributed by atoms with Crippen LogP contribution in [0.1, 0.15) is 16.5 Å². The second kappa shape index (κ2) is 6.35. The molecular weight excluding hydrogens is 399 g/mol. The predicted molar refractivity (Wildman–Crippen MR) is 81.3 cm³/mol. The van der Waals surface area contributed by atoms with Gasteiger partial charge >= 0.3 is 0 Å². The average molecular weight is 410 g/mol. The van der Waals surface area contributed by atoms with E-state index < -0.39 is 11.9 Å². The number of halogens is 3. The zero-order chi connectivity index (χ0) is 14.0. The Labute approximate surface area is 131 Å². The number of hydrogen-bond acceptors (Lipinski definition) is 3.